The fourth-order valence-electron chi connectivity index (χ4n) is 3.25. The standard InChI is InChI=1S/C16H23NS/c1-2-4-8-13(7-3-1)17-15-11-12-18-16-10-6-5-9-14(15)16/h5-6,9-10,13,15,17H,1-4,7-8,11-12H2. The van der Waals surface area contributed by atoms with Crippen molar-refractivity contribution in [2.24, 2.45) is 0 Å². The zero-order valence-corrected chi connectivity index (χ0v) is 11.8. The summed E-state index contributed by atoms with van der Waals surface area (Å²) in [5.41, 5.74) is 1.54. The van der Waals surface area contributed by atoms with Crippen molar-refractivity contribution in [2.45, 2.75) is 61.9 Å². The number of thioether (sulfide) groups is 1. The zero-order chi connectivity index (χ0) is 12.2. The first-order valence-corrected chi connectivity index (χ1v) is 8.40. The molecule has 0 radical (unpaired) electrons. The molecule has 1 heterocycles. The van der Waals surface area contributed by atoms with Crippen molar-refractivity contribution < 1.29 is 0 Å². The van der Waals surface area contributed by atoms with Crippen molar-refractivity contribution in [3.05, 3.63) is 29.8 Å². The first kappa shape index (κ1) is 12.6. The summed E-state index contributed by atoms with van der Waals surface area (Å²) in [6.45, 7) is 0. The fraction of sp³-hybridized carbons (Fsp3) is 0.625. The summed E-state index contributed by atoms with van der Waals surface area (Å²) in [6, 6.07) is 10.3. The summed E-state index contributed by atoms with van der Waals surface area (Å²) in [5, 5.41) is 3.94. The molecular weight excluding hydrogens is 238 g/mol. The Labute approximate surface area is 115 Å². The maximum atomic E-state index is 3.94. The molecule has 18 heavy (non-hydrogen) atoms. The predicted octanol–water partition coefficient (Wildman–Crippen LogP) is 4.54. The molecule has 3 rings (SSSR count). The molecule has 1 atom stereocenters. The Bertz CT molecular complexity index is 382. The van der Waals surface area contributed by atoms with E-state index in [1.54, 1.807) is 0 Å². The summed E-state index contributed by atoms with van der Waals surface area (Å²) in [6.07, 6.45) is 9.77. The monoisotopic (exact) mass is 261 g/mol. The number of benzene rings is 1. The maximum Gasteiger partial charge on any atom is 0.0341 e. The molecule has 2 heteroatoms. The minimum atomic E-state index is 0.602. The molecule has 1 saturated carbocycles. The minimum absolute atomic E-state index is 0.602. The normalized spacial score (nSPS) is 25.4. The number of hydrogen-bond donors (Lipinski definition) is 1. The SMILES string of the molecule is c1ccc2c(c1)SCCC2NC1CCCCCC1. The average Bonchev–Trinajstić information content (AvgIpc) is 2.68. The first-order chi connectivity index (χ1) is 8.93. The lowest BCUT2D eigenvalue weighted by Crippen LogP contribution is -2.34. The second-order valence-corrected chi connectivity index (χ2v) is 6.72. The first-order valence-electron chi connectivity index (χ1n) is 7.41. The Morgan fingerprint density at radius 3 is 2.56 bits per heavy atom. The average molecular weight is 261 g/mol. The third kappa shape index (κ3) is 2.92. The lowest BCUT2D eigenvalue weighted by Gasteiger charge is -2.30. The van der Waals surface area contributed by atoms with Gasteiger partial charge in [0.05, 0.1) is 0 Å². The van der Waals surface area contributed by atoms with Gasteiger partial charge in [0.2, 0.25) is 0 Å². The van der Waals surface area contributed by atoms with E-state index in [4.69, 9.17) is 0 Å². The van der Waals surface area contributed by atoms with Gasteiger partial charge in [-0.1, -0.05) is 43.9 Å². The molecule has 1 fully saturated rings. The largest absolute Gasteiger partial charge is 0.307 e. The van der Waals surface area contributed by atoms with E-state index in [0.29, 0.717) is 6.04 Å². The number of hydrogen-bond acceptors (Lipinski definition) is 2. The van der Waals surface area contributed by atoms with Crippen molar-refractivity contribution in [3.8, 4) is 0 Å². The molecule has 1 aliphatic carbocycles. The third-order valence-electron chi connectivity index (χ3n) is 4.25. The van der Waals surface area contributed by atoms with Crippen molar-refractivity contribution >= 4 is 11.8 Å². The second kappa shape index (κ2) is 6.12. The zero-order valence-electron chi connectivity index (χ0n) is 11.0. The van der Waals surface area contributed by atoms with Crippen molar-refractivity contribution in [1.82, 2.24) is 5.32 Å². The van der Waals surface area contributed by atoms with Crippen LogP contribution in [0.2, 0.25) is 0 Å². The molecule has 0 amide bonds. The summed E-state index contributed by atoms with van der Waals surface area (Å²) >= 11 is 2.02. The van der Waals surface area contributed by atoms with Gasteiger partial charge < -0.3 is 5.32 Å². The highest BCUT2D eigenvalue weighted by Gasteiger charge is 2.23. The van der Waals surface area contributed by atoms with Crippen LogP contribution in [0.4, 0.5) is 0 Å². The Morgan fingerprint density at radius 1 is 0.944 bits per heavy atom. The van der Waals surface area contributed by atoms with Crippen molar-refractivity contribution in [3.63, 3.8) is 0 Å². The summed E-state index contributed by atoms with van der Waals surface area (Å²) in [5.74, 6) is 1.27. The maximum absolute atomic E-state index is 3.94. The van der Waals surface area contributed by atoms with E-state index in [0.717, 1.165) is 6.04 Å². The topological polar surface area (TPSA) is 12.0 Å². The Balaban J connectivity index is 1.69. The molecule has 1 aromatic rings. The molecular formula is C16H23NS. The fourth-order valence-corrected chi connectivity index (χ4v) is 4.37. The van der Waals surface area contributed by atoms with Gasteiger partial charge in [0.25, 0.3) is 0 Å². The molecule has 2 aliphatic rings. The number of nitrogens with one attached hydrogen (secondary N) is 1. The predicted molar refractivity (Wildman–Crippen MR) is 79.1 cm³/mol. The van der Waals surface area contributed by atoms with Gasteiger partial charge >= 0.3 is 0 Å². The van der Waals surface area contributed by atoms with Crippen LogP contribution in [0.25, 0.3) is 0 Å². The van der Waals surface area contributed by atoms with E-state index < -0.39 is 0 Å². The lowest BCUT2D eigenvalue weighted by molar-refractivity contribution is 0.388. The second-order valence-electron chi connectivity index (χ2n) is 5.58. The highest BCUT2D eigenvalue weighted by molar-refractivity contribution is 7.99. The van der Waals surface area contributed by atoms with E-state index >= 15 is 0 Å². The van der Waals surface area contributed by atoms with Crippen LogP contribution in [-0.2, 0) is 0 Å². The molecule has 1 nitrogen and oxygen atoms in total. The molecule has 1 unspecified atom stereocenters. The Hall–Kier alpha value is -0.470. The van der Waals surface area contributed by atoms with Crippen molar-refractivity contribution in [1.29, 1.82) is 0 Å². The van der Waals surface area contributed by atoms with Gasteiger partial charge in [-0.25, -0.2) is 0 Å². The van der Waals surface area contributed by atoms with Crippen LogP contribution in [0.3, 0.4) is 0 Å². The Morgan fingerprint density at radius 2 is 1.72 bits per heavy atom. The Kier molecular flexibility index (Phi) is 4.27. The van der Waals surface area contributed by atoms with Crippen LogP contribution in [0.1, 0.15) is 56.6 Å². The van der Waals surface area contributed by atoms with E-state index in [1.165, 1.54) is 61.2 Å². The van der Waals surface area contributed by atoms with Gasteiger partial charge in [0.15, 0.2) is 0 Å². The van der Waals surface area contributed by atoms with E-state index in [9.17, 15) is 0 Å². The molecule has 1 aromatic carbocycles. The summed E-state index contributed by atoms with van der Waals surface area (Å²) in [7, 11) is 0. The summed E-state index contributed by atoms with van der Waals surface area (Å²) < 4.78 is 0. The molecule has 1 N–H and O–H groups in total. The molecule has 0 saturated heterocycles. The third-order valence-corrected chi connectivity index (χ3v) is 5.37. The molecule has 0 spiro atoms. The van der Waals surface area contributed by atoms with Crippen LogP contribution < -0.4 is 5.32 Å². The van der Waals surface area contributed by atoms with E-state index in [2.05, 4.69) is 29.6 Å². The molecule has 98 valence electrons. The van der Waals surface area contributed by atoms with E-state index in [1.807, 2.05) is 11.8 Å². The highest BCUT2D eigenvalue weighted by atomic mass is 32.2. The van der Waals surface area contributed by atoms with Gasteiger partial charge in [0.1, 0.15) is 0 Å². The van der Waals surface area contributed by atoms with Crippen molar-refractivity contribution in [2.75, 3.05) is 5.75 Å². The van der Waals surface area contributed by atoms with Gasteiger partial charge in [0, 0.05) is 17.0 Å². The van der Waals surface area contributed by atoms with Gasteiger partial charge in [-0.15, -0.1) is 11.8 Å². The molecule has 0 bridgehead atoms. The van der Waals surface area contributed by atoms with Crippen LogP contribution in [0.5, 0.6) is 0 Å². The van der Waals surface area contributed by atoms with E-state index in [-0.39, 0.29) is 0 Å². The van der Waals surface area contributed by atoms with Gasteiger partial charge in [-0.05, 0) is 36.6 Å². The van der Waals surface area contributed by atoms with Gasteiger partial charge in [-0.2, -0.15) is 0 Å². The quantitative estimate of drug-likeness (QED) is 0.785. The molecule has 1 aliphatic heterocycles. The molecule has 0 aromatic heterocycles. The lowest BCUT2D eigenvalue weighted by atomic mass is 10.0. The van der Waals surface area contributed by atoms with Crippen LogP contribution in [0.15, 0.2) is 29.2 Å². The summed E-state index contributed by atoms with van der Waals surface area (Å²) in [4.78, 5) is 1.50. The van der Waals surface area contributed by atoms with Crippen LogP contribution in [-0.4, -0.2) is 11.8 Å². The minimum Gasteiger partial charge on any atom is -0.307 e. The highest BCUT2D eigenvalue weighted by Crippen LogP contribution is 2.36. The number of rotatable bonds is 2. The van der Waals surface area contributed by atoms with Crippen LogP contribution >= 0.6 is 11.8 Å². The smallest absolute Gasteiger partial charge is 0.0341 e. The number of fused-ring (bicyclic) bond motifs is 1. The van der Waals surface area contributed by atoms with Gasteiger partial charge in [-0.3, -0.25) is 0 Å². The van der Waals surface area contributed by atoms with Crippen LogP contribution in [0, 0.1) is 0 Å².